The van der Waals surface area contributed by atoms with E-state index in [0.29, 0.717) is 10.6 Å². The molecule has 0 aliphatic carbocycles. The largest absolute Gasteiger partial charge is 0.422 e. The SMILES string of the molecule is CCCCCCCCCc1ccc(-c2ccc(OC(=O)c3ccc(CCCCCCCCC)s3)cc2)cc1. The number of hydrogen-bond donors (Lipinski definition) is 0. The van der Waals surface area contributed by atoms with Gasteiger partial charge in [-0.1, -0.05) is 127 Å². The van der Waals surface area contributed by atoms with Crippen LogP contribution in [0.15, 0.2) is 60.7 Å². The molecular formula is C35H48O2S. The van der Waals surface area contributed by atoms with Crippen molar-refractivity contribution in [3.63, 3.8) is 0 Å². The fourth-order valence-corrected chi connectivity index (χ4v) is 5.83. The predicted octanol–water partition coefficient (Wildman–Crippen LogP) is 11.2. The van der Waals surface area contributed by atoms with Crippen molar-refractivity contribution in [1.82, 2.24) is 0 Å². The normalized spacial score (nSPS) is 11.1. The molecule has 1 aromatic heterocycles. The summed E-state index contributed by atoms with van der Waals surface area (Å²) >= 11 is 1.57. The van der Waals surface area contributed by atoms with Gasteiger partial charge in [0.25, 0.3) is 0 Å². The fraction of sp³-hybridized carbons (Fsp3) is 0.514. The van der Waals surface area contributed by atoms with E-state index in [-0.39, 0.29) is 5.97 Å². The van der Waals surface area contributed by atoms with Gasteiger partial charge in [-0.2, -0.15) is 0 Å². The van der Waals surface area contributed by atoms with E-state index in [2.05, 4.69) is 44.2 Å². The number of carbonyl (C=O) groups is 1. The lowest BCUT2D eigenvalue weighted by atomic mass is 10.0. The minimum absolute atomic E-state index is 0.261. The number of hydrogen-bond acceptors (Lipinski definition) is 3. The summed E-state index contributed by atoms with van der Waals surface area (Å²) in [6.07, 6.45) is 20.8. The van der Waals surface area contributed by atoms with Crippen molar-refractivity contribution in [3.05, 3.63) is 76.0 Å². The third kappa shape index (κ3) is 11.2. The topological polar surface area (TPSA) is 26.3 Å². The summed E-state index contributed by atoms with van der Waals surface area (Å²) in [4.78, 5) is 14.6. The van der Waals surface area contributed by atoms with Gasteiger partial charge < -0.3 is 4.74 Å². The minimum Gasteiger partial charge on any atom is -0.422 e. The quantitative estimate of drug-likeness (QED) is 0.0871. The molecule has 3 heteroatoms. The van der Waals surface area contributed by atoms with E-state index in [1.54, 1.807) is 11.3 Å². The van der Waals surface area contributed by atoms with Crippen molar-refractivity contribution in [1.29, 1.82) is 0 Å². The number of ether oxygens (including phenoxy) is 1. The highest BCUT2D eigenvalue weighted by atomic mass is 32.1. The first-order valence-corrected chi connectivity index (χ1v) is 16.0. The Bertz CT molecular complexity index is 1030. The van der Waals surface area contributed by atoms with Crippen molar-refractivity contribution in [2.75, 3.05) is 0 Å². The highest BCUT2D eigenvalue weighted by Gasteiger charge is 2.12. The molecule has 0 radical (unpaired) electrons. The van der Waals surface area contributed by atoms with E-state index in [4.69, 9.17) is 4.74 Å². The standard InChI is InChI=1S/C35H48O2S/c1-3-5-7-9-11-13-15-17-29-19-21-30(22-20-29)31-23-25-32(26-24-31)37-35(36)34-28-27-33(38-34)18-16-14-12-10-8-6-4-2/h19-28H,3-18H2,1-2H3. The Morgan fingerprint density at radius 2 is 1.08 bits per heavy atom. The highest BCUT2D eigenvalue weighted by molar-refractivity contribution is 7.13. The molecule has 0 saturated heterocycles. The van der Waals surface area contributed by atoms with Gasteiger partial charge in [-0.15, -0.1) is 11.3 Å². The number of thiophene rings is 1. The van der Waals surface area contributed by atoms with E-state index >= 15 is 0 Å². The van der Waals surface area contributed by atoms with Crippen LogP contribution in [0.1, 0.15) is 124 Å². The van der Waals surface area contributed by atoms with Gasteiger partial charge in [0, 0.05) is 4.88 Å². The molecule has 0 spiro atoms. The summed E-state index contributed by atoms with van der Waals surface area (Å²) in [6, 6.07) is 20.8. The molecule has 0 fully saturated rings. The molecule has 0 unspecified atom stereocenters. The first-order chi connectivity index (χ1) is 18.7. The fourth-order valence-electron chi connectivity index (χ4n) is 4.90. The lowest BCUT2D eigenvalue weighted by molar-refractivity contribution is 0.0740. The minimum atomic E-state index is -0.261. The van der Waals surface area contributed by atoms with Crippen LogP contribution in [0.5, 0.6) is 5.75 Å². The van der Waals surface area contributed by atoms with E-state index in [1.807, 2.05) is 30.3 Å². The summed E-state index contributed by atoms with van der Waals surface area (Å²) < 4.78 is 5.66. The van der Waals surface area contributed by atoms with Crippen LogP contribution < -0.4 is 4.74 Å². The molecule has 0 aliphatic heterocycles. The molecular weight excluding hydrogens is 484 g/mol. The second-order valence-corrected chi connectivity index (χ2v) is 11.8. The first kappa shape index (κ1) is 30.2. The van der Waals surface area contributed by atoms with Gasteiger partial charge in [-0.25, -0.2) is 4.79 Å². The van der Waals surface area contributed by atoms with Crippen LogP contribution in [0.4, 0.5) is 0 Å². The van der Waals surface area contributed by atoms with E-state index in [9.17, 15) is 4.79 Å². The highest BCUT2D eigenvalue weighted by Crippen LogP contribution is 2.25. The van der Waals surface area contributed by atoms with Crippen molar-refractivity contribution < 1.29 is 9.53 Å². The van der Waals surface area contributed by atoms with Crippen molar-refractivity contribution in [2.24, 2.45) is 0 Å². The Morgan fingerprint density at radius 1 is 0.579 bits per heavy atom. The van der Waals surface area contributed by atoms with Crippen LogP contribution in [-0.4, -0.2) is 5.97 Å². The molecule has 206 valence electrons. The third-order valence-corrected chi connectivity index (χ3v) is 8.44. The molecule has 2 nitrogen and oxygen atoms in total. The van der Waals surface area contributed by atoms with E-state index in [0.717, 1.165) is 18.4 Å². The zero-order valence-electron chi connectivity index (χ0n) is 23.8. The summed E-state index contributed by atoms with van der Waals surface area (Å²) in [5, 5.41) is 0. The third-order valence-electron chi connectivity index (χ3n) is 7.31. The number of unbranched alkanes of at least 4 members (excludes halogenated alkanes) is 12. The summed E-state index contributed by atoms with van der Waals surface area (Å²) in [5.41, 5.74) is 3.75. The van der Waals surface area contributed by atoms with Crippen molar-refractivity contribution >= 4 is 17.3 Å². The molecule has 38 heavy (non-hydrogen) atoms. The zero-order valence-corrected chi connectivity index (χ0v) is 24.6. The maximum Gasteiger partial charge on any atom is 0.353 e. The molecule has 0 amide bonds. The van der Waals surface area contributed by atoms with Crippen LogP contribution in [-0.2, 0) is 12.8 Å². The summed E-state index contributed by atoms with van der Waals surface area (Å²) in [7, 11) is 0. The molecule has 0 bridgehead atoms. The molecule has 0 atom stereocenters. The Balaban J connectivity index is 1.39. The maximum absolute atomic E-state index is 12.7. The average Bonchev–Trinajstić information content (AvgIpc) is 3.42. The van der Waals surface area contributed by atoms with Crippen LogP contribution in [0.2, 0.25) is 0 Å². The number of esters is 1. The Morgan fingerprint density at radius 3 is 1.66 bits per heavy atom. The van der Waals surface area contributed by atoms with Gasteiger partial charge in [0.15, 0.2) is 0 Å². The molecule has 0 saturated carbocycles. The van der Waals surface area contributed by atoms with Gasteiger partial charge in [0.2, 0.25) is 0 Å². The molecule has 3 rings (SSSR count). The van der Waals surface area contributed by atoms with Crippen LogP contribution in [0, 0.1) is 0 Å². The first-order valence-electron chi connectivity index (χ1n) is 15.2. The van der Waals surface area contributed by atoms with E-state index in [1.165, 1.54) is 106 Å². The van der Waals surface area contributed by atoms with E-state index < -0.39 is 0 Å². The summed E-state index contributed by atoms with van der Waals surface area (Å²) in [5.74, 6) is 0.333. The van der Waals surface area contributed by atoms with Crippen LogP contribution in [0.25, 0.3) is 11.1 Å². The number of benzene rings is 2. The Labute approximate surface area is 235 Å². The summed E-state index contributed by atoms with van der Waals surface area (Å²) in [6.45, 7) is 4.53. The van der Waals surface area contributed by atoms with Crippen LogP contribution >= 0.6 is 11.3 Å². The average molecular weight is 533 g/mol. The van der Waals surface area contributed by atoms with Gasteiger partial charge in [0.1, 0.15) is 10.6 Å². The molecule has 2 aromatic carbocycles. The molecule has 3 aromatic rings. The Kier molecular flexibility index (Phi) is 14.3. The smallest absolute Gasteiger partial charge is 0.353 e. The van der Waals surface area contributed by atoms with Crippen molar-refractivity contribution in [2.45, 2.75) is 117 Å². The zero-order chi connectivity index (χ0) is 26.8. The van der Waals surface area contributed by atoms with Gasteiger partial charge in [0.05, 0.1) is 0 Å². The predicted molar refractivity (Wildman–Crippen MR) is 165 cm³/mol. The second-order valence-electron chi connectivity index (χ2n) is 10.6. The van der Waals surface area contributed by atoms with Crippen molar-refractivity contribution in [3.8, 4) is 16.9 Å². The number of aryl methyl sites for hydroxylation is 2. The van der Waals surface area contributed by atoms with Gasteiger partial charge in [-0.05, 0) is 66.6 Å². The van der Waals surface area contributed by atoms with Crippen LogP contribution in [0.3, 0.4) is 0 Å². The monoisotopic (exact) mass is 532 g/mol. The molecule has 1 heterocycles. The lowest BCUT2D eigenvalue weighted by Gasteiger charge is -2.07. The number of rotatable bonds is 19. The molecule has 0 N–H and O–H groups in total. The maximum atomic E-state index is 12.7. The lowest BCUT2D eigenvalue weighted by Crippen LogP contribution is -2.06. The second kappa shape index (κ2) is 18.0. The molecule has 0 aliphatic rings. The Hall–Kier alpha value is -2.39. The number of carbonyl (C=O) groups excluding carboxylic acids is 1. The van der Waals surface area contributed by atoms with Gasteiger partial charge >= 0.3 is 5.97 Å². The van der Waals surface area contributed by atoms with Gasteiger partial charge in [-0.3, -0.25) is 0 Å².